The number of carbonyl (C=O) groups excluding carboxylic acids is 1. The molecule has 0 aliphatic heterocycles. The predicted octanol–water partition coefficient (Wildman–Crippen LogP) is 5.07. The zero-order chi connectivity index (χ0) is 20.1. The lowest BCUT2D eigenvalue weighted by atomic mass is 10.2. The molecule has 0 saturated carbocycles. The average molecular weight is 434 g/mol. The molecule has 1 heterocycles. The van der Waals surface area contributed by atoms with E-state index in [0.29, 0.717) is 26.4 Å². The van der Waals surface area contributed by atoms with Gasteiger partial charge < -0.3 is 10.6 Å². The summed E-state index contributed by atoms with van der Waals surface area (Å²) in [6.45, 7) is 1.74. The quantitative estimate of drug-likeness (QED) is 0.527. The van der Waals surface area contributed by atoms with Crippen molar-refractivity contribution in [3.63, 3.8) is 0 Å². The first-order valence-electron chi connectivity index (χ1n) is 7.98. The largest absolute Gasteiger partial charge is 0.330 e. The summed E-state index contributed by atoms with van der Waals surface area (Å²) in [5.41, 5.74) is 1.41. The van der Waals surface area contributed by atoms with Crippen LogP contribution in [0.25, 0.3) is 0 Å². The van der Waals surface area contributed by atoms with Crippen LogP contribution in [0, 0.1) is 17.1 Å². The summed E-state index contributed by atoms with van der Waals surface area (Å²) in [6.07, 6.45) is 0. The predicted molar refractivity (Wildman–Crippen MR) is 110 cm³/mol. The van der Waals surface area contributed by atoms with E-state index >= 15 is 0 Å². The van der Waals surface area contributed by atoms with Gasteiger partial charge in [-0.25, -0.2) is 4.39 Å². The zero-order valence-corrected chi connectivity index (χ0v) is 16.8. The molecule has 2 aromatic carbocycles. The van der Waals surface area contributed by atoms with Crippen LogP contribution in [0.1, 0.15) is 12.5 Å². The number of nitrogens with one attached hydrogen (secondary N) is 2. The summed E-state index contributed by atoms with van der Waals surface area (Å²) >= 11 is 8.49. The van der Waals surface area contributed by atoms with Gasteiger partial charge in [0.2, 0.25) is 11.0 Å². The highest BCUT2D eigenvalue weighted by Gasteiger charge is 2.18. The fraction of sp³-hybridized carbons (Fsp3) is 0.111. The van der Waals surface area contributed by atoms with Crippen molar-refractivity contribution in [2.75, 3.05) is 10.6 Å². The number of rotatable bonds is 6. The number of nitrogens with zero attached hydrogens (tertiary/aromatic N) is 3. The standard InChI is InChI=1S/C18H13ClFN5OS2/c1-10(16(26)22-14-6-5-11(9-21)15(19)8-14)27-18-25-24-17(28-18)23-13-4-2-3-12(20)7-13/h2-8,10H,1H3,(H,22,26)(H,23,24). The molecule has 1 amide bonds. The van der Waals surface area contributed by atoms with Crippen LogP contribution in [0.3, 0.4) is 0 Å². The molecule has 1 atom stereocenters. The number of carbonyl (C=O) groups is 1. The van der Waals surface area contributed by atoms with Crippen molar-refractivity contribution in [1.82, 2.24) is 10.2 Å². The van der Waals surface area contributed by atoms with E-state index in [-0.39, 0.29) is 16.7 Å². The molecule has 0 spiro atoms. The number of hydrogen-bond donors (Lipinski definition) is 2. The Hall–Kier alpha value is -2.67. The summed E-state index contributed by atoms with van der Waals surface area (Å²) in [4.78, 5) is 12.4. The Morgan fingerprint density at radius 2 is 2.11 bits per heavy atom. The zero-order valence-electron chi connectivity index (χ0n) is 14.4. The van der Waals surface area contributed by atoms with E-state index in [2.05, 4.69) is 20.8 Å². The van der Waals surface area contributed by atoms with Crippen LogP contribution in [0.2, 0.25) is 5.02 Å². The first kappa shape index (κ1) is 20.1. The summed E-state index contributed by atoms with van der Waals surface area (Å²) in [7, 11) is 0. The van der Waals surface area contributed by atoms with Crippen LogP contribution in [-0.4, -0.2) is 21.4 Å². The summed E-state index contributed by atoms with van der Waals surface area (Å²) in [6, 6.07) is 12.7. The van der Waals surface area contributed by atoms with Crippen molar-refractivity contribution in [3.05, 3.63) is 58.9 Å². The highest BCUT2D eigenvalue weighted by molar-refractivity contribution is 8.02. The Bertz CT molecular complexity index is 1050. The number of amides is 1. The van der Waals surface area contributed by atoms with Crippen LogP contribution < -0.4 is 10.6 Å². The Balaban J connectivity index is 1.59. The summed E-state index contributed by atoms with van der Waals surface area (Å²) in [5.74, 6) is -0.585. The van der Waals surface area contributed by atoms with E-state index in [0.717, 1.165) is 0 Å². The maximum absolute atomic E-state index is 13.2. The van der Waals surface area contributed by atoms with Gasteiger partial charge in [-0.2, -0.15) is 5.26 Å². The molecule has 0 aliphatic carbocycles. The van der Waals surface area contributed by atoms with Crippen molar-refractivity contribution in [1.29, 1.82) is 5.26 Å². The molecule has 3 aromatic rings. The van der Waals surface area contributed by atoms with Crippen LogP contribution in [0.15, 0.2) is 46.8 Å². The normalized spacial score (nSPS) is 11.5. The van der Waals surface area contributed by atoms with E-state index in [1.807, 2.05) is 6.07 Å². The smallest absolute Gasteiger partial charge is 0.237 e. The lowest BCUT2D eigenvalue weighted by Crippen LogP contribution is -2.22. The monoisotopic (exact) mass is 433 g/mol. The second-order valence-electron chi connectivity index (χ2n) is 5.56. The number of nitriles is 1. The second-order valence-corrected chi connectivity index (χ2v) is 8.54. The van der Waals surface area contributed by atoms with Gasteiger partial charge in [-0.3, -0.25) is 4.79 Å². The molecule has 10 heteroatoms. The molecule has 142 valence electrons. The van der Waals surface area contributed by atoms with Crippen LogP contribution in [0.5, 0.6) is 0 Å². The number of hydrogen-bond acceptors (Lipinski definition) is 7. The third-order valence-corrected chi connectivity index (χ3v) is 5.82. The highest BCUT2D eigenvalue weighted by Crippen LogP contribution is 2.31. The van der Waals surface area contributed by atoms with Gasteiger partial charge in [0.15, 0.2) is 4.34 Å². The molecule has 1 aromatic heterocycles. The molecule has 0 bridgehead atoms. The first-order chi connectivity index (χ1) is 13.4. The van der Waals surface area contributed by atoms with Crippen molar-refractivity contribution < 1.29 is 9.18 Å². The molecule has 0 fully saturated rings. The Labute approximate surface area is 173 Å². The minimum Gasteiger partial charge on any atom is -0.330 e. The molecule has 0 saturated heterocycles. The van der Waals surface area contributed by atoms with Crippen molar-refractivity contribution >= 4 is 57.1 Å². The molecule has 3 rings (SSSR count). The van der Waals surface area contributed by atoms with Gasteiger partial charge in [-0.1, -0.05) is 40.8 Å². The maximum Gasteiger partial charge on any atom is 0.237 e. The van der Waals surface area contributed by atoms with E-state index in [1.54, 1.807) is 31.2 Å². The summed E-state index contributed by atoms with van der Waals surface area (Å²) < 4.78 is 13.8. The Kier molecular flexibility index (Phi) is 6.46. The van der Waals surface area contributed by atoms with Gasteiger partial charge in [0.05, 0.1) is 15.8 Å². The van der Waals surface area contributed by atoms with E-state index in [9.17, 15) is 9.18 Å². The topological polar surface area (TPSA) is 90.7 Å². The molecule has 28 heavy (non-hydrogen) atoms. The summed E-state index contributed by atoms with van der Waals surface area (Å²) in [5, 5.41) is 23.0. The Morgan fingerprint density at radius 3 is 2.82 bits per heavy atom. The highest BCUT2D eigenvalue weighted by atomic mass is 35.5. The van der Waals surface area contributed by atoms with E-state index in [1.165, 1.54) is 41.3 Å². The minimum atomic E-state index is -0.440. The second kappa shape index (κ2) is 9.01. The van der Waals surface area contributed by atoms with Crippen LogP contribution in [-0.2, 0) is 4.79 Å². The van der Waals surface area contributed by atoms with Gasteiger partial charge in [-0.05, 0) is 43.3 Å². The molecule has 2 N–H and O–H groups in total. The first-order valence-corrected chi connectivity index (χ1v) is 10.1. The number of aromatic nitrogens is 2. The van der Waals surface area contributed by atoms with Crippen LogP contribution in [0.4, 0.5) is 20.9 Å². The van der Waals surface area contributed by atoms with E-state index < -0.39 is 5.25 Å². The van der Waals surface area contributed by atoms with Gasteiger partial charge in [-0.15, -0.1) is 10.2 Å². The lowest BCUT2D eigenvalue weighted by molar-refractivity contribution is -0.115. The molecular formula is C18H13ClFN5OS2. The van der Waals surface area contributed by atoms with Crippen molar-refractivity contribution in [2.45, 2.75) is 16.5 Å². The van der Waals surface area contributed by atoms with Crippen molar-refractivity contribution in [2.24, 2.45) is 0 Å². The Morgan fingerprint density at radius 1 is 1.29 bits per heavy atom. The van der Waals surface area contributed by atoms with E-state index in [4.69, 9.17) is 16.9 Å². The van der Waals surface area contributed by atoms with Crippen LogP contribution >= 0.6 is 34.7 Å². The third-order valence-electron chi connectivity index (χ3n) is 3.49. The molecule has 0 radical (unpaired) electrons. The number of halogens is 2. The van der Waals surface area contributed by atoms with Gasteiger partial charge in [0.25, 0.3) is 0 Å². The molecule has 0 aliphatic rings. The molecular weight excluding hydrogens is 421 g/mol. The number of anilines is 3. The van der Waals surface area contributed by atoms with Crippen molar-refractivity contribution in [3.8, 4) is 6.07 Å². The molecule has 1 unspecified atom stereocenters. The van der Waals surface area contributed by atoms with Gasteiger partial charge in [0.1, 0.15) is 11.9 Å². The maximum atomic E-state index is 13.2. The third kappa shape index (κ3) is 5.19. The number of thioether (sulfide) groups is 1. The fourth-order valence-electron chi connectivity index (χ4n) is 2.13. The number of benzene rings is 2. The average Bonchev–Trinajstić information content (AvgIpc) is 3.08. The fourth-order valence-corrected chi connectivity index (χ4v) is 4.27. The van der Waals surface area contributed by atoms with Gasteiger partial charge in [0, 0.05) is 11.4 Å². The SMILES string of the molecule is CC(Sc1nnc(Nc2cccc(F)c2)s1)C(=O)Nc1ccc(C#N)c(Cl)c1. The van der Waals surface area contributed by atoms with Gasteiger partial charge >= 0.3 is 0 Å². The molecule has 6 nitrogen and oxygen atoms in total. The lowest BCUT2D eigenvalue weighted by Gasteiger charge is -2.10. The minimum absolute atomic E-state index is 0.236.